The molecule has 0 fully saturated rings. The fourth-order valence-corrected chi connectivity index (χ4v) is 3.13. The first-order valence-corrected chi connectivity index (χ1v) is 10.3. The van der Waals surface area contributed by atoms with Crippen LogP contribution in [0.5, 0.6) is 5.75 Å². The third-order valence-electron chi connectivity index (χ3n) is 4.80. The van der Waals surface area contributed by atoms with E-state index in [9.17, 15) is 19.7 Å². The molecule has 0 aliphatic carbocycles. The molecule has 4 rings (SSSR count). The van der Waals surface area contributed by atoms with Crippen LogP contribution < -0.4 is 15.4 Å². The van der Waals surface area contributed by atoms with Crippen molar-refractivity contribution in [1.82, 2.24) is 20.8 Å². The molecule has 4 aromatic rings. The number of aromatic nitrogens is 2. The standard InChI is InChI=1S/C23H19N5O6/c29-20(14-33-19-7-3-5-15-4-1-2-6-18(15)19)24-12-13-25-22(30)23-26-21(27-34-23)16-8-10-17(11-9-16)28(31)32/h1-11H,12-14H2,(H,24,29)(H,25,30). The van der Waals surface area contributed by atoms with Gasteiger partial charge in [0.1, 0.15) is 5.75 Å². The average molecular weight is 461 g/mol. The van der Waals surface area contributed by atoms with Gasteiger partial charge in [0.05, 0.1) is 4.92 Å². The minimum Gasteiger partial charge on any atom is -0.483 e. The molecule has 11 nitrogen and oxygen atoms in total. The lowest BCUT2D eigenvalue weighted by molar-refractivity contribution is -0.384. The van der Waals surface area contributed by atoms with Gasteiger partial charge in [-0.1, -0.05) is 41.6 Å². The number of carbonyl (C=O) groups excluding carboxylic acids is 2. The first-order chi connectivity index (χ1) is 16.5. The summed E-state index contributed by atoms with van der Waals surface area (Å²) in [5.41, 5.74) is 0.390. The van der Waals surface area contributed by atoms with Gasteiger partial charge in [0.15, 0.2) is 6.61 Å². The number of hydrogen-bond donors (Lipinski definition) is 2. The quantitative estimate of drug-likeness (QED) is 0.219. The maximum Gasteiger partial charge on any atom is 0.316 e. The Morgan fingerprint density at radius 2 is 1.71 bits per heavy atom. The van der Waals surface area contributed by atoms with E-state index in [4.69, 9.17) is 9.26 Å². The molecule has 3 aromatic carbocycles. The number of hydrogen-bond acceptors (Lipinski definition) is 8. The number of nitrogens with one attached hydrogen (secondary N) is 2. The number of benzene rings is 3. The average Bonchev–Trinajstić information content (AvgIpc) is 3.36. The Bertz CT molecular complexity index is 1330. The molecule has 2 amide bonds. The van der Waals surface area contributed by atoms with Crippen LogP contribution in [0.25, 0.3) is 22.2 Å². The van der Waals surface area contributed by atoms with Crippen molar-refractivity contribution in [2.24, 2.45) is 0 Å². The summed E-state index contributed by atoms with van der Waals surface area (Å²) in [7, 11) is 0. The molecule has 0 atom stereocenters. The van der Waals surface area contributed by atoms with Crippen LogP contribution in [-0.4, -0.2) is 46.6 Å². The monoisotopic (exact) mass is 461 g/mol. The number of nitrogens with zero attached hydrogens (tertiary/aromatic N) is 3. The summed E-state index contributed by atoms with van der Waals surface area (Å²) in [6.45, 7) is 0.144. The number of nitro benzene ring substituents is 1. The molecule has 0 aliphatic rings. The van der Waals surface area contributed by atoms with E-state index in [0.717, 1.165) is 10.8 Å². The zero-order chi connectivity index (χ0) is 23.9. The molecular weight excluding hydrogens is 442 g/mol. The molecule has 34 heavy (non-hydrogen) atoms. The molecule has 0 unspecified atom stereocenters. The van der Waals surface area contributed by atoms with Gasteiger partial charge in [-0.2, -0.15) is 4.98 Å². The van der Waals surface area contributed by atoms with Crippen LogP contribution in [0.15, 0.2) is 71.3 Å². The molecule has 0 aliphatic heterocycles. The van der Waals surface area contributed by atoms with Crippen LogP contribution in [0.2, 0.25) is 0 Å². The summed E-state index contributed by atoms with van der Waals surface area (Å²) in [4.78, 5) is 38.4. The number of non-ortho nitro benzene ring substituents is 1. The van der Waals surface area contributed by atoms with Crippen LogP contribution in [0.4, 0.5) is 5.69 Å². The highest BCUT2D eigenvalue weighted by Crippen LogP contribution is 2.25. The second-order valence-corrected chi connectivity index (χ2v) is 7.10. The smallest absolute Gasteiger partial charge is 0.316 e. The number of amides is 2. The number of rotatable bonds is 9. The van der Waals surface area contributed by atoms with E-state index in [-0.39, 0.29) is 43.0 Å². The van der Waals surface area contributed by atoms with Gasteiger partial charge in [-0.25, -0.2) is 0 Å². The van der Waals surface area contributed by atoms with Gasteiger partial charge in [0.2, 0.25) is 5.82 Å². The van der Waals surface area contributed by atoms with Crippen molar-refractivity contribution >= 4 is 28.3 Å². The fourth-order valence-electron chi connectivity index (χ4n) is 3.13. The Morgan fingerprint density at radius 3 is 2.50 bits per heavy atom. The van der Waals surface area contributed by atoms with Gasteiger partial charge in [-0.3, -0.25) is 19.7 Å². The second kappa shape index (κ2) is 10.2. The predicted molar refractivity (Wildman–Crippen MR) is 121 cm³/mol. The molecule has 2 N–H and O–H groups in total. The predicted octanol–water partition coefficient (Wildman–Crippen LogP) is 2.72. The highest BCUT2D eigenvalue weighted by atomic mass is 16.6. The Balaban J connectivity index is 1.21. The largest absolute Gasteiger partial charge is 0.483 e. The number of carbonyl (C=O) groups is 2. The molecule has 0 saturated heterocycles. The van der Waals surface area contributed by atoms with Gasteiger partial charge in [0.25, 0.3) is 11.6 Å². The van der Waals surface area contributed by atoms with Crippen molar-refractivity contribution in [2.75, 3.05) is 19.7 Å². The lowest BCUT2D eigenvalue weighted by atomic mass is 10.1. The van der Waals surface area contributed by atoms with E-state index in [0.29, 0.717) is 11.3 Å². The molecule has 172 valence electrons. The number of fused-ring (bicyclic) bond motifs is 1. The number of nitro groups is 1. The van der Waals surface area contributed by atoms with Crippen molar-refractivity contribution in [3.05, 3.63) is 82.7 Å². The SMILES string of the molecule is O=C(COc1cccc2ccccc12)NCCNC(=O)c1nc(-c2ccc([N+](=O)[O-])cc2)no1. The Labute approximate surface area is 192 Å². The zero-order valence-electron chi connectivity index (χ0n) is 17.8. The van der Waals surface area contributed by atoms with E-state index in [1.807, 2.05) is 36.4 Å². The minimum atomic E-state index is -0.609. The first kappa shape index (κ1) is 22.4. The summed E-state index contributed by atoms with van der Waals surface area (Å²) < 4.78 is 10.6. The van der Waals surface area contributed by atoms with E-state index in [2.05, 4.69) is 20.8 Å². The topological polar surface area (TPSA) is 149 Å². The maximum atomic E-state index is 12.2. The summed E-state index contributed by atoms with van der Waals surface area (Å²) in [6, 6.07) is 18.8. The summed E-state index contributed by atoms with van der Waals surface area (Å²) >= 11 is 0. The van der Waals surface area contributed by atoms with E-state index in [1.165, 1.54) is 24.3 Å². The Kier molecular flexibility index (Phi) is 6.73. The van der Waals surface area contributed by atoms with Crippen molar-refractivity contribution in [3.63, 3.8) is 0 Å². The minimum absolute atomic E-state index is 0.0743. The van der Waals surface area contributed by atoms with Crippen LogP contribution in [0, 0.1) is 10.1 Å². The van der Waals surface area contributed by atoms with Crippen LogP contribution in [0.3, 0.4) is 0 Å². The van der Waals surface area contributed by atoms with Crippen LogP contribution in [0.1, 0.15) is 10.7 Å². The highest BCUT2D eigenvalue weighted by Gasteiger charge is 2.16. The number of ether oxygens (including phenoxy) is 1. The van der Waals surface area contributed by atoms with Crippen molar-refractivity contribution in [1.29, 1.82) is 0 Å². The van der Waals surface area contributed by atoms with Crippen LogP contribution >= 0.6 is 0 Å². The lowest BCUT2D eigenvalue weighted by Gasteiger charge is -2.10. The Hall–Kier alpha value is -4.80. The summed E-state index contributed by atoms with van der Waals surface area (Å²) in [5.74, 6) is -0.470. The molecule has 1 heterocycles. The second-order valence-electron chi connectivity index (χ2n) is 7.10. The van der Waals surface area contributed by atoms with Crippen molar-refractivity contribution in [3.8, 4) is 17.1 Å². The zero-order valence-corrected chi connectivity index (χ0v) is 17.8. The highest BCUT2D eigenvalue weighted by molar-refractivity contribution is 5.90. The van der Waals surface area contributed by atoms with Crippen molar-refractivity contribution < 1.29 is 23.8 Å². The normalized spacial score (nSPS) is 10.6. The van der Waals surface area contributed by atoms with Gasteiger partial charge in [-0.05, 0) is 23.6 Å². The maximum absolute atomic E-state index is 12.2. The summed E-state index contributed by atoms with van der Waals surface area (Å²) in [5, 5.41) is 21.6. The van der Waals surface area contributed by atoms with Gasteiger partial charge < -0.3 is 19.9 Å². The molecular formula is C23H19N5O6. The summed E-state index contributed by atoms with van der Waals surface area (Å²) in [6.07, 6.45) is 0. The van der Waals surface area contributed by atoms with Crippen LogP contribution in [-0.2, 0) is 4.79 Å². The molecule has 0 saturated carbocycles. The first-order valence-electron chi connectivity index (χ1n) is 10.3. The van der Waals surface area contributed by atoms with E-state index in [1.54, 1.807) is 6.07 Å². The van der Waals surface area contributed by atoms with Gasteiger partial charge in [-0.15, -0.1) is 0 Å². The third kappa shape index (κ3) is 5.33. The molecule has 11 heteroatoms. The van der Waals surface area contributed by atoms with Gasteiger partial charge >= 0.3 is 11.8 Å². The van der Waals surface area contributed by atoms with E-state index < -0.39 is 10.8 Å². The molecule has 0 radical (unpaired) electrons. The third-order valence-corrected chi connectivity index (χ3v) is 4.80. The van der Waals surface area contributed by atoms with Crippen molar-refractivity contribution in [2.45, 2.75) is 0 Å². The lowest BCUT2D eigenvalue weighted by Crippen LogP contribution is -2.36. The Morgan fingerprint density at radius 1 is 0.971 bits per heavy atom. The molecule has 0 spiro atoms. The fraction of sp³-hybridized carbons (Fsp3) is 0.130. The molecule has 0 bridgehead atoms. The van der Waals surface area contributed by atoms with Gasteiger partial charge in [0, 0.05) is 36.2 Å². The van der Waals surface area contributed by atoms with E-state index >= 15 is 0 Å². The molecule has 1 aromatic heterocycles.